The lowest BCUT2D eigenvalue weighted by molar-refractivity contribution is 0.102. The molecule has 0 bridgehead atoms. The number of carbonyl (C=O) groups excluding carboxylic acids is 1. The monoisotopic (exact) mass is 302 g/mol. The van der Waals surface area contributed by atoms with Crippen LogP contribution in [0, 0.1) is 5.82 Å². The molecule has 0 saturated heterocycles. The fourth-order valence-corrected chi connectivity index (χ4v) is 1.89. The second-order valence-electron chi connectivity index (χ2n) is 4.97. The van der Waals surface area contributed by atoms with Crippen LogP contribution in [-0.2, 0) is 0 Å². The highest BCUT2D eigenvalue weighted by atomic mass is 19.1. The molecule has 2 aromatic rings. The van der Waals surface area contributed by atoms with Crippen LogP contribution in [0.15, 0.2) is 36.7 Å². The third-order valence-electron chi connectivity index (χ3n) is 3.23. The molecule has 1 N–H and O–H groups in total. The minimum atomic E-state index is -0.486. The maximum absolute atomic E-state index is 13.5. The molecule has 1 heterocycles. The van der Waals surface area contributed by atoms with Gasteiger partial charge in [0.05, 0.1) is 18.1 Å². The lowest BCUT2D eigenvalue weighted by Crippen LogP contribution is -2.21. The van der Waals surface area contributed by atoms with Crippen LogP contribution < -0.4 is 10.2 Å². The normalized spacial score (nSPS) is 10.3. The standard InChI is InChI=1S/C16H19FN4O/c1-3-4-9-21(2)15-11-18-14(10-19-15)16(22)20-13-8-6-5-7-12(13)17/h5-8,10-11H,3-4,9H2,1-2H3,(H,20,22). The first-order chi connectivity index (χ1) is 10.6. The number of para-hydroxylation sites is 1. The first kappa shape index (κ1) is 15.9. The Kier molecular flexibility index (Phi) is 5.41. The van der Waals surface area contributed by atoms with Gasteiger partial charge in [0.1, 0.15) is 17.3 Å². The molecule has 1 aromatic heterocycles. The van der Waals surface area contributed by atoms with Crippen LogP contribution in [0.1, 0.15) is 30.3 Å². The Morgan fingerprint density at radius 2 is 2.05 bits per heavy atom. The van der Waals surface area contributed by atoms with Crippen LogP contribution in [0.5, 0.6) is 0 Å². The first-order valence-electron chi connectivity index (χ1n) is 7.21. The van der Waals surface area contributed by atoms with Crippen LogP contribution >= 0.6 is 0 Å². The van der Waals surface area contributed by atoms with Crippen molar-refractivity contribution in [1.82, 2.24) is 9.97 Å². The number of unbranched alkanes of at least 4 members (excludes halogenated alkanes) is 1. The molecule has 1 aromatic carbocycles. The molecule has 5 nitrogen and oxygen atoms in total. The average molecular weight is 302 g/mol. The third kappa shape index (κ3) is 4.00. The van der Waals surface area contributed by atoms with Gasteiger partial charge >= 0.3 is 0 Å². The van der Waals surface area contributed by atoms with Crippen LogP contribution in [0.3, 0.4) is 0 Å². The molecule has 116 valence electrons. The summed E-state index contributed by atoms with van der Waals surface area (Å²) in [5.74, 6) is -0.268. The molecule has 0 radical (unpaired) electrons. The number of amides is 1. The van der Waals surface area contributed by atoms with Crippen LogP contribution in [0.2, 0.25) is 0 Å². The Bertz CT molecular complexity index is 630. The number of benzene rings is 1. The van der Waals surface area contributed by atoms with Gasteiger partial charge in [0.25, 0.3) is 5.91 Å². The van der Waals surface area contributed by atoms with Crippen molar-refractivity contribution in [3.63, 3.8) is 0 Å². The van der Waals surface area contributed by atoms with Gasteiger partial charge in [-0.25, -0.2) is 14.4 Å². The highest BCUT2D eigenvalue weighted by molar-refractivity contribution is 6.02. The largest absolute Gasteiger partial charge is 0.358 e. The van der Waals surface area contributed by atoms with E-state index in [-0.39, 0.29) is 11.4 Å². The van der Waals surface area contributed by atoms with Crippen molar-refractivity contribution in [2.75, 3.05) is 23.8 Å². The smallest absolute Gasteiger partial charge is 0.275 e. The summed E-state index contributed by atoms with van der Waals surface area (Å²) in [6.07, 6.45) is 5.11. The fourth-order valence-electron chi connectivity index (χ4n) is 1.89. The van der Waals surface area contributed by atoms with Gasteiger partial charge in [-0.3, -0.25) is 4.79 Å². The summed E-state index contributed by atoms with van der Waals surface area (Å²) in [4.78, 5) is 22.3. The molecule has 0 atom stereocenters. The van der Waals surface area contributed by atoms with Gasteiger partial charge in [0.2, 0.25) is 0 Å². The highest BCUT2D eigenvalue weighted by Crippen LogP contribution is 2.14. The zero-order valence-corrected chi connectivity index (χ0v) is 12.7. The van der Waals surface area contributed by atoms with Crippen LogP contribution in [-0.4, -0.2) is 29.5 Å². The van der Waals surface area contributed by atoms with Crippen molar-refractivity contribution in [3.8, 4) is 0 Å². The number of aromatic nitrogens is 2. The Morgan fingerprint density at radius 3 is 2.68 bits per heavy atom. The lowest BCUT2D eigenvalue weighted by Gasteiger charge is -2.17. The number of rotatable bonds is 6. The van der Waals surface area contributed by atoms with Gasteiger partial charge in [0, 0.05) is 13.6 Å². The molecule has 0 unspecified atom stereocenters. The molecule has 0 saturated carbocycles. The van der Waals surface area contributed by atoms with Gasteiger partial charge in [-0.05, 0) is 18.6 Å². The second kappa shape index (κ2) is 7.49. The minimum absolute atomic E-state index is 0.124. The van der Waals surface area contributed by atoms with Gasteiger partial charge in [0.15, 0.2) is 0 Å². The molecule has 0 aliphatic rings. The predicted octanol–water partition coefficient (Wildman–Crippen LogP) is 3.10. The summed E-state index contributed by atoms with van der Waals surface area (Å²) in [6.45, 7) is 3.00. The number of nitrogens with one attached hydrogen (secondary N) is 1. The van der Waals surface area contributed by atoms with Crippen molar-refractivity contribution in [2.45, 2.75) is 19.8 Å². The third-order valence-corrected chi connectivity index (χ3v) is 3.23. The summed E-state index contributed by atoms with van der Waals surface area (Å²) in [5.41, 5.74) is 0.273. The Hall–Kier alpha value is -2.50. The Balaban J connectivity index is 2.04. The maximum Gasteiger partial charge on any atom is 0.275 e. The molecular weight excluding hydrogens is 283 g/mol. The average Bonchev–Trinajstić information content (AvgIpc) is 2.55. The van der Waals surface area contributed by atoms with Crippen molar-refractivity contribution in [1.29, 1.82) is 0 Å². The Morgan fingerprint density at radius 1 is 1.27 bits per heavy atom. The van der Waals surface area contributed by atoms with Gasteiger partial charge in [-0.1, -0.05) is 25.5 Å². The van der Waals surface area contributed by atoms with Crippen molar-refractivity contribution in [3.05, 3.63) is 48.2 Å². The fraction of sp³-hybridized carbons (Fsp3) is 0.312. The van der Waals surface area contributed by atoms with Gasteiger partial charge in [-0.15, -0.1) is 0 Å². The second-order valence-corrected chi connectivity index (χ2v) is 4.97. The first-order valence-corrected chi connectivity index (χ1v) is 7.21. The van der Waals surface area contributed by atoms with E-state index in [0.717, 1.165) is 19.4 Å². The molecule has 0 aliphatic carbocycles. The molecule has 0 spiro atoms. The number of hydrogen-bond acceptors (Lipinski definition) is 4. The van der Waals surface area contributed by atoms with E-state index in [9.17, 15) is 9.18 Å². The number of halogens is 1. The van der Waals surface area contributed by atoms with E-state index in [1.807, 2.05) is 11.9 Å². The van der Waals surface area contributed by atoms with E-state index in [0.29, 0.717) is 5.82 Å². The topological polar surface area (TPSA) is 58.1 Å². The molecule has 0 aliphatic heterocycles. The molecule has 1 amide bonds. The maximum atomic E-state index is 13.5. The number of carbonyl (C=O) groups is 1. The quantitative estimate of drug-likeness (QED) is 0.891. The van der Waals surface area contributed by atoms with Gasteiger partial charge in [-0.2, -0.15) is 0 Å². The summed E-state index contributed by atoms with van der Waals surface area (Å²) in [6, 6.07) is 5.99. The van der Waals surface area contributed by atoms with E-state index < -0.39 is 11.7 Å². The number of anilines is 2. The molecule has 6 heteroatoms. The van der Waals surface area contributed by atoms with E-state index in [1.54, 1.807) is 18.3 Å². The Labute approximate surface area is 129 Å². The van der Waals surface area contributed by atoms with E-state index in [1.165, 1.54) is 18.3 Å². The number of hydrogen-bond donors (Lipinski definition) is 1. The van der Waals surface area contributed by atoms with Crippen molar-refractivity contribution < 1.29 is 9.18 Å². The summed E-state index contributed by atoms with van der Waals surface area (Å²) in [7, 11) is 1.93. The molecule has 0 fully saturated rings. The zero-order valence-electron chi connectivity index (χ0n) is 12.7. The van der Waals surface area contributed by atoms with Crippen LogP contribution in [0.4, 0.5) is 15.9 Å². The van der Waals surface area contributed by atoms with E-state index in [2.05, 4.69) is 22.2 Å². The highest BCUT2D eigenvalue weighted by Gasteiger charge is 2.11. The molecule has 22 heavy (non-hydrogen) atoms. The zero-order chi connectivity index (χ0) is 15.9. The summed E-state index contributed by atoms with van der Waals surface area (Å²) >= 11 is 0. The molecular formula is C16H19FN4O. The predicted molar refractivity (Wildman–Crippen MR) is 84.6 cm³/mol. The van der Waals surface area contributed by atoms with Crippen molar-refractivity contribution in [2.24, 2.45) is 0 Å². The van der Waals surface area contributed by atoms with E-state index in [4.69, 9.17) is 0 Å². The van der Waals surface area contributed by atoms with E-state index >= 15 is 0 Å². The minimum Gasteiger partial charge on any atom is -0.358 e. The molecule has 2 rings (SSSR count). The van der Waals surface area contributed by atoms with Crippen molar-refractivity contribution >= 4 is 17.4 Å². The van der Waals surface area contributed by atoms with Crippen LogP contribution in [0.25, 0.3) is 0 Å². The summed E-state index contributed by atoms with van der Waals surface area (Å²) < 4.78 is 13.5. The number of nitrogens with zero attached hydrogens (tertiary/aromatic N) is 3. The van der Waals surface area contributed by atoms with Gasteiger partial charge < -0.3 is 10.2 Å². The lowest BCUT2D eigenvalue weighted by atomic mass is 10.3. The SMILES string of the molecule is CCCCN(C)c1cnc(C(=O)Nc2ccccc2F)cn1. The summed E-state index contributed by atoms with van der Waals surface area (Å²) in [5, 5.41) is 2.48.